The van der Waals surface area contributed by atoms with E-state index in [9.17, 15) is 0 Å². The van der Waals surface area contributed by atoms with E-state index in [1.807, 2.05) is 0 Å². The molecular formula is C12H14IN3. The van der Waals surface area contributed by atoms with E-state index in [0.29, 0.717) is 12.0 Å². The van der Waals surface area contributed by atoms with Crippen LogP contribution in [-0.4, -0.2) is 9.55 Å². The van der Waals surface area contributed by atoms with E-state index in [-0.39, 0.29) is 0 Å². The maximum atomic E-state index is 6.01. The first kappa shape index (κ1) is 10.4. The standard InChI is InChI=1S/C12H14IN3/c1-7-4-9(5-7)16-11-3-2-8(13)6-10(11)15-12(16)14/h2-3,6-7,9H,4-5H2,1H3,(H2,14,15). The maximum absolute atomic E-state index is 6.01. The number of hydrogen-bond donors (Lipinski definition) is 1. The molecule has 1 saturated carbocycles. The van der Waals surface area contributed by atoms with Crippen molar-refractivity contribution in [3.8, 4) is 0 Å². The molecule has 0 saturated heterocycles. The average molecular weight is 327 g/mol. The van der Waals surface area contributed by atoms with Crippen LogP contribution in [0.4, 0.5) is 5.95 Å². The summed E-state index contributed by atoms with van der Waals surface area (Å²) >= 11 is 2.30. The molecule has 2 aromatic rings. The largest absolute Gasteiger partial charge is 0.369 e. The zero-order valence-electron chi connectivity index (χ0n) is 9.15. The first-order valence-electron chi connectivity index (χ1n) is 5.58. The Hall–Kier alpha value is -0.780. The lowest BCUT2D eigenvalue weighted by molar-refractivity contribution is 0.223. The minimum absolute atomic E-state index is 0.556. The summed E-state index contributed by atoms with van der Waals surface area (Å²) in [4.78, 5) is 4.44. The fraction of sp³-hybridized carbons (Fsp3) is 0.417. The number of halogens is 1. The Morgan fingerprint density at radius 1 is 1.44 bits per heavy atom. The highest BCUT2D eigenvalue weighted by Crippen LogP contribution is 2.40. The summed E-state index contributed by atoms with van der Waals surface area (Å²) in [7, 11) is 0. The fourth-order valence-electron chi connectivity index (χ4n) is 2.54. The molecular weight excluding hydrogens is 313 g/mol. The second-order valence-electron chi connectivity index (χ2n) is 4.70. The second-order valence-corrected chi connectivity index (χ2v) is 5.95. The number of imidazole rings is 1. The van der Waals surface area contributed by atoms with Crippen LogP contribution in [0, 0.1) is 9.49 Å². The van der Waals surface area contributed by atoms with Crippen molar-refractivity contribution in [2.45, 2.75) is 25.8 Å². The SMILES string of the molecule is CC1CC(n2c(N)nc3cc(I)ccc32)C1. The van der Waals surface area contributed by atoms with Crippen LogP contribution in [0.15, 0.2) is 18.2 Å². The fourth-order valence-corrected chi connectivity index (χ4v) is 3.02. The molecule has 1 aromatic carbocycles. The summed E-state index contributed by atoms with van der Waals surface area (Å²) < 4.78 is 3.41. The van der Waals surface area contributed by atoms with Crippen molar-refractivity contribution in [3.63, 3.8) is 0 Å². The Morgan fingerprint density at radius 2 is 2.19 bits per heavy atom. The summed E-state index contributed by atoms with van der Waals surface area (Å²) in [6.45, 7) is 2.29. The topological polar surface area (TPSA) is 43.8 Å². The van der Waals surface area contributed by atoms with Crippen LogP contribution in [0.3, 0.4) is 0 Å². The van der Waals surface area contributed by atoms with Gasteiger partial charge in [-0.1, -0.05) is 6.92 Å². The van der Waals surface area contributed by atoms with Gasteiger partial charge < -0.3 is 10.3 Å². The number of nitrogen functional groups attached to an aromatic ring is 1. The molecule has 0 aliphatic heterocycles. The van der Waals surface area contributed by atoms with Gasteiger partial charge in [-0.2, -0.15) is 0 Å². The predicted octanol–water partition coefficient (Wildman–Crippen LogP) is 3.19. The van der Waals surface area contributed by atoms with Gasteiger partial charge in [0, 0.05) is 9.61 Å². The first-order chi connectivity index (χ1) is 7.65. The third kappa shape index (κ3) is 1.50. The van der Waals surface area contributed by atoms with E-state index < -0.39 is 0 Å². The summed E-state index contributed by atoms with van der Waals surface area (Å²) in [5.74, 6) is 1.49. The molecule has 3 nitrogen and oxygen atoms in total. The number of hydrogen-bond acceptors (Lipinski definition) is 2. The molecule has 4 heteroatoms. The Bertz CT molecular complexity index is 540. The van der Waals surface area contributed by atoms with Crippen molar-refractivity contribution in [3.05, 3.63) is 21.8 Å². The zero-order chi connectivity index (χ0) is 11.3. The average Bonchev–Trinajstić information content (AvgIpc) is 2.48. The lowest BCUT2D eigenvalue weighted by atomic mass is 9.81. The number of aromatic nitrogens is 2. The Balaban J connectivity index is 2.13. The molecule has 16 heavy (non-hydrogen) atoms. The van der Waals surface area contributed by atoms with Gasteiger partial charge >= 0.3 is 0 Å². The number of benzene rings is 1. The van der Waals surface area contributed by atoms with Gasteiger partial charge in [-0.05, 0) is 59.5 Å². The zero-order valence-corrected chi connectivity index (χ0v) is 11.3. The van der Waals surface area contributed by atoms with Crippen LogP contribution in [0.5, 0.6) is 0 Å². The van der Waals surface area contributed by atoms with E-state index in [1.54, 1.807) is 0 Å². The van der Waals surface area contributed by atoms with Gasteiger partial charge in [-0.25, -0.2) is 4.98 Å². The molecule has 0 unspecified atom stereocenters. The monoisotopic (exact) mass is 327 g/mol. The van der Waals surface area contributed by atoms with Crippen LogP contribution >= 0.6 is 22.6 Å². The van der Waals surface area contributed by atoms with E-state index >= 15 is 0 Å². The van der Waals surface area contributed by atoms with Gasteiger partial charge in [0.05, 0.1) is 11.0 Å². The Labute approximate surface area is 108 Å². The third-order valence-corrected chi connectivity index (χ3v) is 4.06. The van der Waals surface area contributed by atoms with Crippen molar-refractivity contribution >= 4 is 39.6 Å². The molecule has 0 amide bonds. The molecule has 0 radical (unpaired) electrons. The van der Waals surface area contributed by atoms with Crippen molar-refractivity contribution in [1.29, 1.82) is 0 Å². The van der Waals surface area contributed by atoms with Crippen LogP contribution in [-0.2, 0) is 0 Å². The minimum Gasteiger partial charge on any atom is -0.369 e. The Kier molecular flexibility index (Phi) is 2.34. The third-order valence-electron chi connectivity index (χ3n) is 3.39. The molecule has 1 aromatic heterocycles. The van der Waals surface area contributed by atoms with Gasteiger partial charge in [-0.15, -0.1) is 0 Å². The second kappa shape index (κ2) is 3.61. The lowest BCUT2D eigenvalue weighted by Crippen LogP contribution is -2.25. The summed E-state index contributed by atoms with van der Waals surface area (Å²) in [6, 6.07) is 6.89. The van der Waals surface area contributed by atoms with Crippen LogP contribution < -0.4 is 5.73 Å². The van der Waals surface area contributed by atoms with Gasteiger partial charge in [-0.3, -0.25) is 0 Å². The molecule has 1 heterocycles. The van der Waals surface area contributed by atoms with Gasteiger partial charge in [0.25, 0.3) is 0 Å². The van der Waals surface area contributed by atoms with Gasteiger partial charge in [0.1, 0.15) is 0 Å². The highest BCUT2D eigenvalue weighted by molar-refractivity contribution is 14.1. The molecule has 1 aliphatic rings. The van der Waals surface area contributed by atoms with Crippen molar-refractivity contribution in [2.75, 3.05) is 5.73 Å². The minimum atomic E-state index is 0.556. The summed E-state index contributed by atoms with van der Waals surface area (Å²) in [6.07, 6.45) is 2.45. The number of rotatable bonds is 1. The first-order valence-corrected chi connectivity index (χ1v) is 6.66. The highest BCUT2D eigenvalue weighted by atomic mass is 127. The maximum Gasteiger partial charge on any atom is 0.201 e. The molecule has 0 spiro atoms. The lowest BCUT2D eigenvalue weighted by Gasteiger charge is -2.34. The van der Waals surface area contributed by atoms with Crippen molar-refractivity contribution < 1.29 is 0 Å². The summed E-state index contributed by atoms with van der Waals surface area (Å²) in [5, 5.41) is 0. The Morgan fingerprint density at radius 3 is 2.88 bits per heavy atom. The molecule has 3 rings (SSSR count). The predicted molar refractivity (Wildman–Crippen MR) is 74.3 cm³/mol. The van der Waals surface area contributed by atoms with Crippen LogP contribution in [0.25, 0.3) is 11.0 Å². The number of nitrogens with two attached hydrogens (primary N) is 1. The van der Waals surface area contributed by atoms with E-state index in [1.165, 1.54) is 21.9 Å². The van der Waals surface area contributed by atoms with Crippen molar-refractivity contribution in [1.82, 2.24) is 9.55 Å². The van der Waals surface area contributed by atoms with E-state index in [2.05, 4.69) is 57.3 Å². The van der Waals surface area contributed by atoms with Crippen molar-refractivity contribution in [2.24, 2.45) is 5.92 Å². The highest BCUT2D eigenvalue weighted by Gasteiger charge is 2.29. The van der Waals surface area contributed by atoms with Gasteiger partial charge in [0.15, 0.2) is 0 Å². The molecule has 2 N–H and O–H groups in total. The van der Waals surface area contributed by atoms with E-state index in [4.69, 9.17) is 5.73 Å². The normalized spacial score (nSPS) is 24.6. The quantitative estimate of drug-likeness (QED) is 0.818. The van der Waals surface area contributed by atoms with Gasteiger partial charge in [0.2, 0.25) is 5.95 Å². The van der Waals surface area contributed by atoms with Crippen LogP contribution in [0.2, 0.25) is 0 Å². The number of anilines is 1. The molecule has 84 valence electrons. The summed E-state index contributed by atoms with van der Waals surface area (Å²) in [5.41, 5.74) is 8.20. The molecule has 1 fully saturated rings. The smallest absolute Gasteiger partial charge is 0.201 e. The number of nitrogens with zero attached hydrogens (tertiary/aromatic N) is 2. The molecule has 0 atom stereocenters. The van der Waals surface area contributed by atoms with E-state index in [0.717, 1.165) is 11.4 Å². The molecule has 1 aliphatic carbocycles. The number of fused-ring (bicyclic) bond motifs is 1. The molecule has 0 bridgehead atoms. The van der Waals surface area contributed by atoms with Crippen LogP contribution in [0.1, 0.15) is 25.8 Å².